The van der Waals surface area contributed by atoms with E-state index in [2.05, 4.69) is 27.4 Å². The monoisotopic (exact) mass is 529 g/mol. The van der Waals surface area contributed by atoms with Gasteiger partial charge in [-0.25, -0.2) is 4.98 Å². The van der Waals surface area contributed by atoms with Crippen LogP contribution in [0.2, 0.25) is 5.02 Å². The summed E-state index contributed by atoms with van der Waals surface area (Å²) < 4.78 is 31.7. The molecule has 1 unspecified atom stereocenters. The predicted molar refractivity (Wildman–Crippen MR) is 143 cm³/mol. The summed E-state index contributed by atoms with van der Waals surface area (Å²) in [5.41, 5.74) is 0.520. The van der Waals surface area contributed by atoms with Crippen LogP contribution in [0.15, 0.2) is 54.9 Å². The smallest absolute Gasteiger partial charge is 0.161 e. The molecule has 1 fully saturated rings. The topological polar surface area (TPSA) is 67.2 Å². The van der Waals surface area contributed by atoms with Crippen LogP contribution in [0.4, 0.5) is 0 Å². The van der Waals surface area contributed by atoms with Gasteiger partial charge in [-0.05, 0) is 35.9 Å². The van der Waals surface area contributed by atoms with Crippen LogP contribution in [-0.4, -0.2) is 73.8 Å². The Labute approximate surface area is 224 Å². The van der Waals surface area contributed by atoms with Gasteiger partial charge in [-0.2, -0.15) is 0 Å². The molecule has 37 heavy (non-hydrogen) atoms. The molecule has 9 heteroatoms. The maximum absolute atomic E-state index is 6.11. The van der Waals surface area contributed by atoms with E-state index < -0.39 is 5.60 Å². The lowest BCUT2D eigenvalue weighted by atomic mass is 10.1. The second-order valence-corrected chi connectivity index (χ2v) is 9.56. The van der Waals surface area contributed by atoms with Gasteiger partial charge in [-0.3, -0.25) is 4.90 Å². The molecule has 1 atom stereocenters. The van der Waals surface area contributed by atoms with Gasteiger partial charge < -0.3 is 28.3 Å². The van der Waals surface area contributed by atoms with Crippen LogP contribution in [0.25, 0.3) is 0 Å². The standard InChI is InChI=1S/C28H36ClN3O5/c1-4-27-30-10-11-32(27)13-15-36-25-9-8-22(16-26(25)33-2)18-31-12-14-35-20-28(19-31,34-3)21-37-24-7-5-6-23(29)17-24/h5-11,16-17H,4,12-15,18-21H2,1-3H3. The van der Waals surface area contributed by atoms with Crippen molar-refractivity contribution in [2.75, 3.05) is 53.7 Å². The highest BCUT2D eigenvalue weighted by molar-refractivity contribution is 6.30. The molecule has 1 aliphatic heterocycles. The molecule has 0 bridgehead atoms. The molecule has 8 nitrogen and oxygen atoms in total. The molecule has 1 aromatic heterocycles. The Morgan fingerprint density at radius 2 is 2.00 bits per heavy atom. The van der Waals surface area contributed by atoms with Crippen molar-refractivity contribution in [2.45, 2.75) is 32.0 Å². The van der Waals surface area contributed by atoms with Gasteiger partial charge in [0.2, 0.25) is 0 Å². The summed E-state index contributed by atoms with van der Waals surface area (Å²) in [5.74, 6) is 3.20. The Hall–Kier alpha value is -2.78. The molecule has 0 N–H and O–H groups in total. The minimum atomic E-state index is -0.601. The van der Waals surface area contributed by atoms with E-state index in [1.807, 2.05) is 42.7 Å². The van der Waals surface area contributed by atoms with Gasteiger partial charge in [-0.1, -0.05) is 30.7 Å². The number of hydrogen-bond acceptors (Lipinski definition) is 7. The first kappa shape index (κ1) is 27.3. The third kappa shape index (κ3) is 7.38. The molecular formula is C28H36ClN3O5. The summed E-state index contributed by atoms with van der Waals surface area (Å²) in [6.07, 6.45) is 4.70. The van der Waals surface area contributed by atoms with Crippen molar-refractivity contribution in [3.05, 3.63) is 71.3 Å². The van der Waals surface area contributed by atoms with Crippen molar-refractivity contribution in [1.29, 1.82) is 0 Å². The highest BCUT2D eigenvalue weighted by atomic mass is 35.5. The minimum absolute atomic E-state index is 0.354. The van der Waals surface area contributed by atoms with E-state index in [1.54, 1.807) is 20.3 Å². The third-order valence-electron chi connectivity index (χ3n) is 6.50. The van der Waals surface area contributed by atoms with Crippen molar-refractivity contribution >= 4 is 11.6 Å². The second-order valence-electron chi connectivity index (χ2n) is 9.12. The largest absolute Gasteiger partial charge is 0.493 e. The van der Waals surface area contributed by atoms with Crippen molar-refractivity contribution in [1.82, 2.24) is 14.5 Å². The van der Waals surface area contributed by atoms with Gasteiger partial charge in [0.15, 0.2) is 11.5 Å². The van der Waals surface area contributed by atoms with Crippen molar-refractivity contribution in [3.8, 4) is 17.2 Å². The van der Waals surface area contributed by atoms with Crippen LogP contribution in [-0.2, 0) is 29.0 Å². The average molecular weight is 530 g/mol. The molecule has 2 aromatic carbocycles. The zero-order valence-electron chi connectivity index (χ0n) is 21.8. The maximum Gasteiger partial charge on any atom is 0.161 e. The van der Waals surface area contributed by atoms with Crippen LogP contribution in [0, 0.1) is 0 Å². The number of methoxy groups -OCH3 is 2. The lowest BCUT2D eigenvalue weighted by Gasteiger charge is -2.34. The number of ether oxygens (including phenoxy) is 5. The predicted octanol–water partition coefficient (Wildman–Crippen LogP) is 4.48. The van der Waals surface area contributed by atoms with Gasteiger partial charge in [0.25, 0.3) is 0 Å². The minimum Gasteiger partial charge on any atom is -0.493 e. The number of hydrogen-bond donors (Lipinski definition) is 0. The van der Waals surface area contributed by atoms with Gasteiger partial charge in [-0.15, -0.1) is 0 Å². The molecule has 1 saturated heterocycles. The van der Waals surface area contributed by atoms with Crippen LogP contribution in [0.5, 0.6) is 17.2 Å². The zero-order chi connectivity index (χ0) is 26.1. The fourth-order valence-corrected chi connectivity index (χ4v) is 4.64. The summed E-state index contributed by atoms with van der Waals surface area (Å²) >= 11 is 6.11. The molecule has 0 aliphatic carbocycles. The second kappa shape index (κ2) is 13.1. The van der Waals surface area contributed by atoms with Crippen LogP contribution in [0.3, 0.4) is 0 Å². The number of nitrogens with zero attached hydrogens (tertiary/aromatic N) is 3. The third-order valence-corrected chi connectivity index (χ3v) is 6.74. The molecule has 0 radical (unpaired) electrons. The SMILES string of the molecule is CCc1nccn1CCOc1ccc(CN2CCOCC(COc3cccc(Cl)c3)(OC)C2)cc1OC. The molecule has 3 aromatic rings. The number of imidazole rings is 1. The molecule has 0 spiro atoms. The summed E-state index contributed by atoms with van der Waals surface area (Å²) in [5, 5.41) is 0.636. The molecule has 200 valence electrons. The zero-order valence-corrected chi connectivity index (χ0v) is 22.6. The van der Waals surface area contributed by atoms with E-state index in [9.17, 15) is 0 Å². The first-order chi connectivity index (χ1) is 18.0. The van der Waals surface area contributed by atoms with E-state index >= 15 is 0 Å². The summed E-state index contributed by atoms with van der Waals surface area (Å²) in [7, 11) is 3.37. The Morgan fingerprint density at radius 1 is 1.11 bits per heavy atom. The Balaban J connectivity index is 1.37. The fraction of sp³-hybridized carbons (Fsp3) is 0.464. The molecule has 1 aliphatic rings. The van der Waals surface area contributed by atoms with E-state index in [4.69, 9.17) is 35.3 Å². The maximum atomic E-state index is 6.11. The van der Waals surface area contributed by atoms with E-state index in [0.29, 0.717) is 49.5 Å². The fourth-order valence-electron chi connectivity index (χ4n) is 4.46. The first-order valence-corrected chi connectivity index (χ1v) is 13.0. The van der Waals surface area contributed by atoms with Crippen LogP contribution >= 0.6 is 11.6 Å². The van der Waals surface area contributed by atoms with Gasteiger partial charge in [0.1, 0.15) is 30.4 Å². The summed E-state index contributed by atoms with van der Waals surface area (Å²) in [6, 6.07) is 13.5. The van der Waals surface area contributed by atoms with Gasteiger partial charge >= 0.3 is 0 Å². The number of benzene rings is 2. The lowest BCUT2D eigenvalue weighted by molar-refractivity contribution is -0.0925. The van der Waals surface area contributed by atoms with E-state index in [-0.39, 0.29) is 0 Å². The van der Waals surface area contributed by atoms with Crippen molar-refractivity contribution in [2.24, 2.45) is 0 Å². The molecular weight excluding hydrogens is 494 g/mol. The van der Waals surface area contributed by atoms with Gasteiger partial charge in [0, 0.05) is 50.6 Å². The Morgan fingerprint density at radius 3 is 2.78 bits per heavy atom. The normalized spacial score (nSPS) is 18.4. The summed E-state index contributed by atoms with van der Waals surface area (Å²) in [4.78, 5) is 6.68. The summed E-state index contributed by atoms with van der Waals surface area (Å²) in [6.45, 7) is 6.96. The quantitative estimate of drug-likeness (QED) is 0.342. The first-order valence-electron chi connectivity index (χ1n) is 12.6. The number of aromatic nitrogens is 2. The Kier molecular flexibility index (Phi) is 9.68. The molecule has 4 rings (SSSR count). The number of aryl methyl sites for hydroxylation is 1. The van der Waals surface area contributed by atoms with Crippen LogP contribution < -0.4 is 14.2 Å². The van der Waals surface area contributed by atoms with Crippen molar-refractivity contribution in [3.63, 3.8) is 0 Å². The number of rotatable bonds is 12. The Bertz CT molecular complexity index is 1140. The van der Waals surface area contributed by atoms with Gasteiger partial charge in [0.05, 0.1) is 26.9 Å². The van der Waals surface area contributed by atoms with Crippen LogP contribution in [0.1, 0.15) is 18.3 Å². The average Bonchev–Trinajstić information content (AvgIpc) is 3.27. The number of halogens is 1. The van der Waals surface area contributed by atoms with Crippen molar-refractivity contribution < 1.29 is 23.7 Å². The molecule has 0 amide bonds. The molecule has 0 saturated carbocycles. The highest BCUT2D eigenvalue weighted by Crippen LogP contribution is 2.29. The molecule has 2 heterocycles. The van der Waals surface area contributed by atoms with E-state index in [0.717, 1.165) is 43.2 Å². The lowest BCUT2D eigenvalue weighted by Crippen LogP contribution is -2.50. The highest BCUT2D eigenvalue weighted by Gasteiger charge is 2.36. The van der Waals surface area contributed by atoms with E-state index in [1.165, 1.54) is 0 Å².